The topological polar surface area (TPSA) is 72.9 Å². The normalized spacial score (nSPS) is 10.9. The van der Waals surface area contributed by atoms with Crippen LogP contribution in [-0.2, 0) is 17.9 Å². The molecule has 0 atom stereocenters. The van der Waals surface area contributed by atoms with Gasteiger partial charge < -0.3 is 15.6 Å². The van der Waals surface area contributed by atoms with Crippen LogP contribution >= 0.6 is 0 Å². The number of hydrogen-bond acceptors (Lipinski definition) is 3. The van der Waals surface area contributed by atoms with Gasteiger partial charge in [-0.3, -0.25) is 4.79 Å². The van der Waals surface area contributed by atoms with E-state index in [1.54, 1.807) is 6.20 Å². The number of carbonyl (C=O) groups is 1. The molecule has 5 heteroatoms. The average Bonchev–Trinajstić information content (AvgIpc) is 2.66. The van der Waals surface area contributed by atoms with Crippen molar-refractivity contribution < 1.29 is 4.79 Å². The van der Waals surface area contributed by atoms with Crippen LogP contribution in [0.1, 0.15) is 12.0 Å². The molecule has 90 valence electrons. The number of hydrogen-bond donors (Lipinski definition) is 2. The highest BCUT2D eigenvalue weighted by Gasteiger charge is 2.08. The minimum absolute atomic E-state index is 0.294. The highest BCUT2D eigenvalue weighted by atomic mass is 16.1. The number of nitrogens with one attached hydrogen (secondary N) is 1. The first-order chi connectivity index (χ1) is 8.22. The van der Waals surface area contributed by atoms with Crippen LogP contribution < -0.4 is 11.1 Å². The van der Waals surface area contributed by atoms with Crippen molar-refractivity contribution in [1.82, 2.24) is 14.9 Å². The largest absolute Gasteiger partial charge is 0.370 e. The van der Waals surface area contributed by atoms with Crippen molar-refractivity contribution >= 4 is 16.9 Å². The molecule has 2 aromatic rings. The minimum Gasteiger partial charge on any atom is -0.370 e. The lowest BCUT2D eigenvalue weighted by molar-refractivity contribution is -0.118. The summed E-state index contributed by atoms with van der Waals surface area (Å²) < 4.78 is 1.98. The fourth-order valence-corrected chi connectivity index (χ4v) is 1.93. The second-order valence-electron chi connectivity index (χ2n) is 3.97. The van der Waals surface area contributed by atoms with Crippen LogP contribution in [0.3, 0.4) is 0 Å². The zero-order chi connectivity index (χ0) is 12.3. The van der Waals surface area contributed by atoms with Gasteiger partial charge in [0.25, 0.3) is 0 Å². The van der Waals surface area contributed by atoms with Gasteiger partial charge >= 0.3 is 0 Å². The number of nitrogens with zero attached hydrogens (tertiary/aromatic N) is 2. The van der Waals surface area contributed by atoms with Gasteiger partial charge in [-0.2, -0.15) is 0 Å². The number of fused-ring (bicyclic) bond motifs is 1. The maximum atomic E-state index is 10.8. The molecule has 5 nitrogen and oxygen atoms in total. The number of nitrogens with two attached hydrogens (primary N) is 1. The van der Waals surface area contributed by atoms with E-state index in [0.717, 1.165) is 17.6 Å². The van der Waals surface area contributed by atoms with Gasteiger partial charge in [-0.1, -0.05) is 0 Å². The molecular weight excluding hydrogens is 216 g/mol. The average molecular weight is 232 g/mol. The number of aryl methyl sites for hydroxylation is 1. The summed E-state index contributed by atoms with van der Waals surface area (Å²) >= 11 is 0. The first kappa shape index (κ1) is 11.6. The van der Waals surface area contributed by atoms with Gasteiger partial charge in [-0.25, -0.2) is 4.98 Å². The second-order valence-corrected chi connectivity index (χ2v) is 3.97. The molecule has 1 amide bonds. The van der Waals surface area contributed by atoms with Crippen molar-refractivity contribution in [2.45, 2.75) is 19.5 Å². The Kier molecular flexibility index (Phi) is 3.39. The summed E-state index contributed by atoms with van der Waals surface area (Å²) in [6.07, 6.45) is 4.11. The van der Waals surface area contributed by atoms with Crippen LogP contribution in [0, 0.1) is 0 Å². The van der Waals surface area contributed by atoms with E-state index in [2.05, 4.69) is 10.3 Å². The van der Waals surface area contributed by atoms with Gasteiger partial charge in [0, 0.05) is 37.3 Å². The maximum Gasteiger partial charge on any atom is 0.219 e. The number of primary amides is 1. The summed E-state index contributed by atoms with van der Waals surface area (Å²) in [5, 5.41) is 4.24. The van der Waals surface area contributed by atoms with Crippen molar-refractivity contribution in [3.8, 4) is 0 Å². The first-order valence-corrected chi connectivity index (χ1v) is 5.58. The number of rotatable bonds is 5. The fourth-order valence-electron chi connectivity index (χ4n) is 1.93. The molecule has 0 aliphatic heterocycles. The number of aromatic nitrogens is 2. The van der Waals surface area contributed by atoms with Gasteiger partial charge in [0.15, 0.2) is 0 Å². The standard InChI is InChI=1S/C12H16N4O/c1-14-7-9-8-16(6-4-11(13)17)12-10(9)3-2-5-15-12/h2-3,5,8,14H,4,6-7H2,1H3,(H2,13,17). The van der Waals surface area contributed by atoms with Crippen molar-refractivity contribution in [2.24, 2.45) is 5.73 Å². The van der Waals surface area contributed by atoms with Crippen molar-refractivity contribution in [3.63, 3.8) is 0 Å². The summed E-state index contributed by atoms with van der Waals surface area (Å²) in [5.74, 6) is -0.294. The predicted octanol–water partition coefficient (Wildman–Crippen LogP) is 0.631. The molecule has 0 saturated heterocycles. The summed E-state index contributed by atoms with van der Waals surface area (Å²) in [7, 11) is 1.91. The van der Waals surface area contributed by atoms with Crippen LogP contribution in [0.5, 0.6) is 0 Å². The van der Waals surface area contributed by atoms with Gasteiger partial charge in [0.05, 0.1) is 0 Å². The Bertz CT molecular complexity index is 532. The molecule has 17 heavy (non-hydrogen) atoms. The molecule has 0 bridgehead atoms. The number of carbonyl (C=O) groups excluding carboxylic acids is 1. The Morgan fingerprint density at radius 3 is 3.12 bits per heavy atom. The van der Waals surface area contributed by atoms with E-state index in [-0.39, 0.29) is 5.91 Å². The Morgan fingerprint density at radius 2 is 2.41 bits per heavy atom. The highest BCUT2D eigenvalue weighted by Crippen LogP contribution is 2.19. The number of pyridine rings is 1. The molecule has 0 radical (unpaired) electrons. The van der Waals surface area contributed by atoms with Crippen LogP contribution in [0.4, 0.5) is 0 Å². The second kappa shape index (κ2) is 4.97. The molecule has 2 rings (SSSR count). The molecule has 2 aromatic heterocycles. The van der Waals surface area contributed by atoms with Gasteiger partial charge in [0.1, 0.15) is 5.65 Å². The minimum atomic E-state index is -0.294. The summed E-state index contributed by atoms with van der Waals surface area (Å²) in [6, 6.07) is 3.95. The quantitative estimate of drug-likeness (QED) is 0.794. The van der Waals surface area contributed by atoms with E-state index in [1.165, 1.54) is 5.56 Å². The van der Waals surface area contributed by atoms with Crippen LogP contribution in [0.15, 0.2) is 24.5 Å². The molecular formula is C12H16N4O. The Balaban J connectivity index is 2.37. The van der Waals surface area contributed by atoms with E-state index < -0.39 is 0 Å². The van der Waals surface area contributed by atoms with Crippen LogP contribution in [-0.4, -0.2) is 22.5 Å². The van der Waals surface area contributed by atoms with E-state index >= 15 is 0 Å². The summed E-state index contributed by atoms with van der Waals surface area (Å²) in [6.45, 7) is 1.36. The highest BCUT2D eigenvalue weighted by molar-refractivity contribution is 5.80. The predicted molar refractivity (Wildman–Crippen MR) is 66.3 cm³/mol. The van der Waals surface area contributed by atoms with Gasteiger partial charge in [-0.05, 0) is 24.7 Å². The molecule has 0 aromatic carbocycles. The summed E-state index contributed by atoms with van der Waals surface area (Å²) in [4.78, 5) is 15.2. The maximum absolute atomic E-state index is 10.8. The number of amides is 1. The molecule has 0 aliphatic carbocycles. The first-order valence-electron chi connectivity index (χ1n) is 5.58. The molecule has 0 fully saturated rings. The molecule has 2 heterocycles. The zero-order valence-electron chi connectivity index (χ0n) is 9.81. The van der Waals surface area contributed by atoms with Crippen LogP contribution in [0.2, 0.25) is 0 Å². The van der Waals surface area contributed by atoms with Crippen molar-refractivity contribution in [2.75, 3.05) is 7.05 Å². The Morgan fingerprint density at radius 1 is 1.59 bits per heavy atom. The van der Waals surface area contributed by atoms with E-state index in [4.69, 9.17) is 5.73 Å². The smallest absolute Gasteiger partial charge is 0.219 e. The van der Waals surface area contributed by atoms with E-state index in [0.29, 0.717) is 13.0 Å². The third-order valence-corrected chi connectivity index (χ3v) is 2.68. The Hall–Kier alpha value is -1.88. The van der Waals surface area contributed by atoms with Crippen LogP contribution in [0.25, 0.3) is 11.0 Å². The monoisotopic (exact) mass is 232 g/mol. The third-order valence-electron chi connectivity index (χ3n) is 2.68. The zero-order valence-corrected chi connectivity index (χ0v) is 9.81. The van der Waals surface area contributed by atoms with Crippen molar-refractivity contribution in [1.29, 1.82) is 0 Å². The Labute approximate surface area is 99.6 Å². The lowest BCUT2D eigenvalue weighted by Gasteiger charge is -2.01. The lowest BCUT2D eigenvalue weighted by Crippen LogP contribution is -2.13. The lowest BCUT2D eigenvalue weighted by atomic mass is 10.2. The van der Waals surface area contributed by atoms with Gasteiger partial charge in [-0.15, -0.1) is 0 Å². The molecule has 0 unspecified atom stereocenters. The summed E-state index contributed by atoms with van der Waals surface area (Å²) in [5.41, 5.74) is 7.25. The molecule has 0 aliphatic rings. The van der Waals surface area contributed by atoms with Crippen molar-refractivity contribution in [3.05, 3.63) is 30.1 Å². The third kappa shape index (κ3) is 2.45. The van der Waals surface area contributed by atoms with E-state index in [1.807, 2.05) is 29.9 Å². The molecule has 3 N–H and O–H groups in total. The molecule has 0 saturated carbocycles. The van der Waals surface area contributed by atoms with E-state index in [9.17, 15) is 4.79 Å². The fraction of sp³-hybridized carbons (Fsp3) is 0.333. The SMILES string of the molecule is CNCc1cn(CCC(N)=O)c2ncccc12. The molecule has 0 spiro atoms. The van der Waals surface area contributed by atoms with Gasteiger partial charge in [0.2, 0.25) is 5.91 Å².